The monoisotopic (exact) mass is 443 g/mol. The Balaban J connectivity index is 1.65. The van der Waals surface area contributed by atoms with Gasteiger partial charge in [-0.25, -0.2) is 4.79 Å². The summed E-state index contributed by atoms with van der Waals surface area (Å²) < 4.78 is 16.6. The quantitative estimate of drug-likeness (QED) is 0.364. The van der Waals surface area contributed by atoms with Crippen molar-refractivity contribution in [2.45, 2.75) is 58.2 Å². The fraction of sp³-hybridized carbons (Fsp3) is 0.933. The topological polar surface area (TPSA) is 48.0 Å². The van der Waals surface area contributed by atoms with Crippen molar-refractivity contribution in [1.29, 1.82) is 0 Å². The van der Waals surface area contributed by atoms with Crippen LogP contribution in [0, 0.1) is 5.41 Å². The van der Waals surface area contributed by atoms with Crippen LogP contribution in [0.25, 0.3) is 0 Å². The molecule has 0 aromatic rings. The van der Waals surface area contributed by atoms with E-state index in [0.717, 1.165) is 38.8 Å². The molecule has 1 saturated heterocycles. The van der Waals surface area contributed by atoms with E-state index in [-0.39, 0.29) is 6.09 Å². The van der Waals surface area contributed by atoms with Gasteiger partial charge in [0.15, 0.2) is 0 Å². The van der Waals surface area contributed by atoms with Crippen molar-refractivity contribution in [2.75, 3.05) is 26.3 Å². The number of hydrogen-bond donors (Lipinski definition) is 0. The summed E-state index contributed by atoms with van der Waals surface area (Å²) in [6.07, 6.45) is 4.60. The van der Waals surface area contributed by atoms with Crippen molar-refractivity contribution in [1.82, 2.24) is 4.90 Å². The number of carbonyl (C=O) groups excluding carboxylic acids is 1. The maximum absolute atomic E-state index is 12.1. The van der Waals surface area contributed by atoms with Crippen molar-refractivity contribution < 1.29 is 18.8 Å². The van der Waals surface area contributed by atoms with Gasteiger partial charge in [0.1, 0.15) is 5.60 Å². The average Bonchev–Trinajstić information content (AvgIpc) is 2.40. The first-order valence-electron chi connectivity index (χ1n) is 7.91. The second-order valence-corrected chi connectivity index (χ2v) is 9.06. The summed E-state index contributed by atoms with van der Waals surface area (Å²) in [5.74, 6) is 0. The van der Waals surface area contributed by atoms with Gasteiger partial charge in [-0.15, -0.1) is 0 Å². The van der Waals surface area contributed by atoms with Crippen molar-refractivity contribution in [3.8, 4) is 0 Å². The van der Waals surface area contributed by atoms with E-state index in [2.05, 4.69) is 22.0 Å². The van der Waals surface area contributed by atoms with E-state index in [9.17, 15) is 4.79 Å². The van der Waals surface area contributed by atoms with Gasteiger partial charge in [0.2, 0.25) is 0 Å². The van der Waals surface area contributed by atoms with E-state index < -0.39 is 5.60 Å². The third-order valence-corrected chi connectivity index (χ3v) is 5.64. The fourth-order valence-corrected chi connectivity index (χ4v) is 4.04. The van der Waals surface area contributed by atoms with Gasteiger partial charge in [-0.2, -0.15) is 0 Å². The van der Waals surface area contributed by atoms with Crippen LogP contribution in [-0.2, 0) is 14.0 Å². The molecule has 0 radical (unpaired) electrons. The number of ether oxygens (including phenoxy) is 2. The van der Waals surface area contributed by atoms with E-state index >= 15 is 0 Å². The summed E-state index contributed by atoms with van der Waals surface area (Å²) in [6.45, 7) is 9.24. The molecule has 1 heterocycles. The van der Waals surface area contributed by atoms with Gasteiger partial charge in [0, 0.05) is 13.1 Å². The Kier molecular flexibility index (Phi) is 6.75. The summed E-state index contributed by atoms with van der Waals surface area (Å²) in [5, 5.41) is 0. The molecule has 128 valence electrons. The lowest BCUT2D eigenvalue weighted by molar-refractivity contribution is -0.107. The van der Waals surface area contributed by atoms with Crippen LogP contribution >= 0.6 is 28.5 Å². The van der Waals surface area contributed by atoms with Gasteiger partial charge < -0.3 is 18.9 Å². The largest absolute Gasteiger partial charge is 0.444 e. The van der Waals surface area contributed by atoms with Crippen LogP contribution in [-0.4, -0.2) is 49.0 Å². The number of piperidine rings is 1. The van der Waals surface area contributed by atoms with Crippen LogP contribution in [0.1, 0.15) is 46.5 Å². The Labute approximate surface area is 148 Å². The molecule has 5 nitrogen and oxygen atoms in total. The van der Waals surface area contributed by atoms with Gasteiger partial charge in [-0.3, -0.25) is 0 Å². The molecule has 1 atom stereocenters. The third-order valence-electron chi connectivity index (χ3n) is 4.39. The van der Waals surface area contributed by atoms with E-state index in [1.807, 2.05) is 25.7 Å². The molecule has 0 bridgehead atoms. The first kappa shape index (κ1) is 18.7. The summed E-state index contributed by atoms with van der Waals surface area (Å²) in [5.41, 5.74) is -0.0166. The molecule has 2 rings (SSSR count). The molecule has 7 heteroatoms. The van der Waals surface area contributed by atoms with Crippen molar-refractivity contribution in [3.63, 3.8) is 0 Å². The highest BCUT2D eigenvalue weighted by molar-refractivity contribution is 14.2. The molecule has 2 fully saturated rings. The number of amides is 1. The van der Waals surface area contributed by atoms with Crippen molar-refractivity contribution >= 4 is 34.6 Å². The molecule has 0 aromatic heterocycles. The first-order chi connectivity index (χ1) is 10.3. The molecular formula is C15H27INO4P. The zero-order chi connectivity index (χ0) is 16.2. The number of nitrogens with zero attached hydrogens (tertiary/aromatic N) is 1. The van der Waals surface area contributed by atoms with Gasteiger partial charge in [-0.05, 0) is 73.9 Å². The lowest BCUT2D eigenvalue weighted by atomic mass is 9.61. The lowest BCUT2D eigenvalue weighted by Crippen LogP contribution is -2.51. The molecule has 2 aliphatic rings. The maximum atomic E-state index is 12.1. The molecule has 22 heavy (non-hydrogen) atoms. The first-order valence-corrected chi connectivity index (χ1v) is 11.9. The second kappa shape index (κ2) is 7.95. The normalized spacial score (nSPS) is 22.3. The predicted octanol–water partition coefficient (Wildman–Crippen LogP) is 4.14. The van der Waals surface area contributed by atoms with E-state index in [0.29, 0.717) is 31.2 Å². The predicted molar refractivity (Wildman–Crippen MR) is 96.7 cm³/mol. The van der Waals surface area contributed by atoms with Crippen LogP contribution in [0.3, 0.4) is 0 Å². The molecule has 1 aliphatic carbocycles. The van der Waals surface area contributed by atoms with Crippen LogP contribution in [0.2, 0.25) is 0 Å². The van der Waals surface area contributed by atoms with Gasteiger partial charge in [-0.1, -0.05) is 0 Å². The maximum Gasteiger partial charge on any atom is 0.410 e. The summed E-state index contributed by atoms with van der Waals surface area (Å²) in [7, 11) is 0. The zero-order valence-electron chi connectivity index (χ0n) is 13.7. The van der Waals surface area contributed by atoms with Gasteiger partial charge in [0.25, 0.3) is 0 Å². The smallest absolute Gasteiger partial charge is 0.410 e. The minimum Gasteiger partial charge on any atom is -0.444 e. The van der Waals surface area contributed by atoms with E-state index in [1.54, 1.807) is 0 Å². The standard InChI is InChI=1S/C15H27INO4P/c1-14(2,3)21-13(18)17-6-4-15(5-7-17)10-12(11-15)19-8-9-20-22-16/h12,22H,4-11H2,1-3H3. The Bertz CT molecular complexity index is 372. The number of carbonyl (C=O) groups is 1. The molecule has 1 amide bonds. The van der Waals surface area contributed by atoms with E-state index in [4.69, 9.17) is 14.0 Å². The summed E-state index contributed by atoms with van der Waals surface area (Å²) in [6, 6.07) is 0. The highest BCUT2D eigenvalue weighted by atomic mass is 127. The SMILES string of the molecule is CC(C)(C)OC(=O)N1CCC2(CC1)CC(OCCOPI)C2. The van der Waals surface area contributed by atoms with Crippen LogP contribution in [0.15, 0.2) is 0 Å². The Hall–Kier alpha value is 0.350. The minimum absolute atomic E-state index is 0.175. The van der Waals surface area contributed by atoms with Crippen molar-refractivity contribution in [2.24, 2.45) is 5.41 Å². The summed E-state index contributed by atoms with van der Waals surface area (Å²) >= 11 is 2.22. The Morgan fingerprint density at radius 2 is 1.91 bits per heavy atom. The minimum atomic E-state index is -0.414. The fourth-order valence-electron chi connectivity index (χ4n) is 3.22. The second-order valence-electron chi connectivity index (χ2n) is 7.29. The van der Waals surface area contributed by atoms with Crippen LogP contribution in [0.5, 0.6) is 0 Å². The molecule has 1 aliphatic heterocycles. The zero-order valence-corrected chi connectivity index (χ0v) is 16.8. The molecular weight excluding hydrogens is 416 g/mol. The molecule has 0 aromatic carbocycles. The van der Waals surface area contributed by atoms with Crippen LogP contribution in [0.4, 0.5) is 4.79 Å². The van der Waals surface area contributed by atoms with Gasteiger partial charge in [0.05, 0.1) is 25.8 Å². The number of likely N-dealkylation sites (tertiary alicyclic amines) is 1. The molecule has 0 N–H and O–H groups in total. The lowest BCUT2D eigenvalue weighted by Gasteiger charge is -2.51. The third kappa shape index (κ3) is 5.46. The average molecular weight is 443 g/mol. The number of hydrogen-bond acceptors (Lipinski definition) is 4. The highest BCUT2D eigenvalue weighted by Gasteiger charge is 2.47. The van der Waals surface area contributed by atoms with Crippen LogP contribution < -0.4 is 0 Å². The van der Waals surface area contributed by atoms with Gasteiger partial charge >= 0.3 is 6.09 Å². The number of halogens is 1. The van der Waals surface area contributed by atoms with E-state index in [1.165, 1.54) is 0 Å². The Morgan fingerprint density at radius 1 is 1.27 bits per heavy atom. The van der Waals surface area contributed by atoms with Crippen molar-refractivity contribution in [3.05, 3.63) is 0 Å². The summed E-state index contributed by atoms with van der Waals surface area (Å²) in [4.78, 5) is 13.9. The highest BCUT2D eigenvalue weighted by Crippen LogP contribution is 2.50. The molecule has 1 unspecified atom stereocenters. The number of rotatable bonds is 5. The molecule has 1 saturated carbocycles. The molecule has 1 spiro atoms. The Morgan fingerprint density at radius 3 is 2.45 bits per heavy atom.